The maximum absolute atomic E-state index is 13.1. The van der Waals surface area contributed by atoms with Gasteiger partial charge in [-0.15, -0.1) is 0 Å². The molecule has 1 unspecified atom stereocenters. The van der Waals surface area contributed by atoms with Crippen LogP contribution in [0.25, 0.3) is 11.1 Å². The van der Waals surface area contributed by atoms with Crippen molar-refractivity contribution in [3.63, 3.8) is 0 Å². The van der Waals surface area contributed by atoms with Gasteiger partial charge >= 0.3 is 5.97 Å². The van der Waals surface area contributed by atoms with Gasteiger partial charge in [-0.25, -0.2) is 4.79 Å². The Balaban J connectivity index is 1.98. The summed E-state index contributed by atoms with van der Waals surface area (Å²) in [5, 5.41) is 0. The van der Waals surface area contributed by atoms with Gasteiger partial charge < -0.3 is 19.1 Å². The molecular formula is C27H35NO4. The highest BCUT2D eigenvalue weighted by atomic mass is 16.6. The first-order chi connectivity index (χ1) is 15.2. The minimum atomic E-state index is -0.789. The molecule has 5 heteroatoms. The first-order valence-corrected chi connectivity index (χ1v) is 11.6. The van der Waals surface area contributed by atoms with Gasteiger partial charge in [-0.2, -0.15) is 0 Å². The third-order valence-corrected chi connectivity index (χ3v) is 6.33. The molecule has 172 valence electrons. The van der Waals surface area contributed by atoms with Gasteiger partial charge in [0.25, 0.3) is 0 Å². The van der Waals surface area contributed by atoms with Crippen LogP contribution < -0.4 is 9.64 Å². The lowest BCUT2D eigenvalue weighted by atomic mass is 9.83. The van der Waals surface area contributed by atoms with Crippen LogP contribution in [0.15, 0.2) is 24.3 Å². The van der Waals surface area contributed by atoms with Gasteiger partial charge in [0.15, 0.2) is 6.10 Å². The lowest BCUT2D eigenvalue weighted by Crippen LogP contribution is -2.32. The fourth-order valence-electron chi connectivity index (χ4n) is 4.96. The first-order valence-electron chi connectivity index (χ1n) is 11.6. The number of hydrogen-bond acceptors (Lipinski definition) is 5. The molecule has 0 aromatic heterocycles. The average molecular weight is 438 g/mol. The van der Waals surface area contributed by atoms with E-state index in [4.69, 9.17) is 14.2 Å². The highest BCUT2D eigenvalue weighted by molar-refractivity contribution is 5.86. The molecule has 0 aliphatic carbocycles. The minimum Gasteiger partial charge on any atom is -0.493 e. The number of methoxy groups -OCH3 is 1. The summed E-state index contributed by atoms with van der Waals surface area (Å²) in [6, 6.07) is 8.66. The van der Waals surface area contributed by atoms with E-state index >= 15 is 0 Å². The Morgan fingerprint density at radius 2 is 1.94 bits per heavy atom. The van der Waals surface area contributed by atoms with E-state index in [0.717, 1.165) is 66.8 Å². The maximum atomic E-state index is 13.1. The molecule has 2 aromatic carbocycles. The fourth-order valence-corrected chi connectivity index (χ4v) is 4.96. The van der Waals surface area contributed by atoms with Crippen molar-refractivity contribution in [1.29, 1.82) is 0 Å². The zero-order valence-electron chi connectivity index (χ0n) is 20.2. The number of anilines is 1. The molecule has 0 N–H and O–H groups in total. The average Bonchev–Trinajstić information content (AvgIpc) is 2.76. The monoisotopic (exact) mass is 437 g/mol. The van der Waals surface area contributed by atoms with Crippen molar-refractivity contribution in [3.05, 3.63) is 46.5 Å². The van der Waals surface area contributed by atoms with E-state index in [0.29, 0.717) is 0 Å². The van der Waals surface area contributed by atoms with Crippen molar-refractivity contribution in [2.75, 3.05) is 32.2 Å². The molecule has 0 fully saturated rings. The summed E-state index contributed by atoms with van der Waals surface area (Å²) in [4.78, 5) is 15.4. The minimum absolute atomic E-state index is 0.358. The van der Waals surface area contributed by atoms with Crippen LogP contribution in [-0.2, 0) is 27.1 Å². The summed E-state index contributed by atoms with van der Waals surface area (Å²) in [7, 11) is 3.56. The summed E-state index contributed by atoms with van der Waals surface area (Å²) in [6.07, 6.45) is 3.19. The maximum Gasteiger partial charge on any atom is 0.339 e. The Labute approximate surface area is 191 Å². The fraction of sp³-hybridized carbons (Fsp3) is 0.519. The van der Waals surface area contributed by atoms with Crippen LogP contribution in [0.3, 0.4) is 0 Å². The van der Waals surface area contributed by atoms with Crippen LogP contribution >= 0.6 is 0 Å². The predicted octanol–water partition coefficient (Wildman–Crippen LogP) is 5.40. The smallest absolute Gasteiger partial charge is 0.339 e. The van der Waals surface area contributed by atoms with Crippen molar-refractivity contribution in [3.8, 4) is 16.9 Å². The molecule has 5 nitrogen and oxygen atoms in total. The molecule has 0 bridgehead atoms. The number of rotatable bonds is 4. The number of esters is 1. The SMILES string of the molecule is COC(=O)C(OC(C)(C)C)c1c2c(cc(C)c1-c1ccc3c(c1)CCCO3)N(C)CCC2. The standard InChI is InChI=1S/C27H35NO4/c1-17-15-21-20(10-7-13-28(21)5)24(25(26(29)30-6)32-27(2,3)4)23(17)19-11-12-22-18(16-19)9-8-14-31-22/h11-12,15-16,25H,7-10,13-14H2,1-6H3. The molecule has 0 radical (unpaired) electrons. The number of aryl methyl sites for hydroxylation is 2. The Hall–Kier alpha value is -2.53. The summed E-state index contributed by atoms with van der Waals surface area (Å²) >= 11 is 0. The van der Waals surface area contributed by atoms with E-state index in [1.807, 2.05) is 20.8 Å². The van der Waals surface area contributed by atoms with Crippen molar-refractivity contribution in [2.45, 2.75) is 65.1 Å². The lowest BCUT2D eigenvalue weighted by Gasteiger charge is -2.35. The zero-order valence-corrected chi connectivity index (χ0v) is 20.2. The highest BCUT2D eigenvalue weighted by Crippen LogP contribution is 2.44. The molecule has 0 saturated heterocycles. The van der Waals surface area contributed by atoms with Crippen molar-refractivity contribution in [2.24, 2.45) is 0 Å². The van der Waals surface area contributed by atoms with Gasteiger partial charge in [0.1, 0.15) is 5.75 Å². The molecule has 0 saturated carbocycles. The van der Waals surface area contributed by atoms with Gasteiger partial charge in [-0.05, 0) is 99.4 Å². The second-order valence-electron chi connectivity index (χ2n) is 9.91. The molecule has 1 atom stereocenters. The van der Waals surface area contributed by atoms with Crippen molar-refractivity contribution >= 4 is 11.7 Å². The number of ether oxygens (including phenoxy) is 3. The third kappa shape index (κ3) is 4.36. The molecule has 4 rings (SSSR count). The largest absolute Gasteiger partial charge is 0.493 e. The first kappa shape index (κ1) is 22.7. The van der Waals surface area contributed by atoms with E-state index in [1.165, 1.54) is 23.9 Å². The summed E-state index contributed by atoms with van der Waals surface area (Å²) in [5.41, 5.74) is 7.35. The van der Waals surface area contributed by atoms with Crippen molar-refractivity contribution in [1.82, 2.24) is 0 Å². The number of carbonyl (C=O) groups excluding carboxylic acids is 1. The zero-order chi connectivity index (χ0) is 23.0. The molecule has 2 aliphatic rings. The van der Waals surface area contributed by atoms with Crippen LogP contribution in [0.5, 0.6) is 5.75 Å². The quantitative estimate of drug-likeness (QED) is 0.600. The van der Waals surface area contributed by atoms with Gasteiger partial charge in [-0.3, -0.25) is 0 Å². The normalized spacial score (nSPS) is 16.6. The molecule has 2 aliphatic heterocycles. The molecule has 32 heavy (non-hydrogen) atoms. The summed E-state index contributed by atoms with van der Waals surface area (Å²) in [6.45, 7) is 9.84. The Morgan fingerprint density at radius 3 is 2.66 bits per heavy atom. The van der Waals surface area contributed by atoms with Gasteiger partial charge in [0, 0.05) is 24.8 Å². The van der Waals surface area contributed by atoms with Crippen LogP contribution in [0.1, 0.15) is 62.0 Å². The number of hydrogen-bond donors (Lipinski definition) is 0. The van der Waals surface area contributed by atoms with Crippen molar-refractivity contribution < 1.29 is 19.0 Å². The van der Waals surface area contributed by atoms with E-state index in [-0.39, 0.29) is 5.97 Å². The Bertz CT molecular complexity index is 1020. The second kappa shape index (κ2) is 8.78. The van der Waals surface area contributed by atoms with Gasteiger partial charge in [0.05, 0.1) is 19.3 Å². The number of nitrogens with zero attached hydrogens (tertiary/aromatic N) is 1. The molecule has 2 heterocycles. The van der Waals surface area contributed by atoms with Crippen LogP contribution in [0.2, 0.25) is 0 Å². The number of carbonyl (C=O) groups is 1. The molecular weight excluding hydrogens is 402 g/mol. The van der Waals surface area contributed by atoms with Crippen LogP contribution in [-0.4, -0.2) is 38.9 Å². The van der Waals surface area contributed by atoms with Gasteiger partial charge in [-0.1, -0.05) is 6.07 Å². The third-order valence-electron chi connectivity index (χ3n) is 6.33. The molecule has 0 amide bonds. The summed E-state index contributed by atoms with van der Waals surface area (Å²) in [5.74, 6) is 0.607. The Kier molecular flexibility index (Phi) is 6.22. The molecule has 2 aromatic rings. The van der Waals surface area contributed by atoms with Crippen LogP contribution in [0, 0.1) is 6.92 Å². The highest BCUT2D eigenvalue weighted by Gasteiger charge is 2.35. The second-order valence-corrected chi connectivity index (χ2v) is 9.91. The lowest BCUT2D eigenvalue weighted by molar-refractivity contribution is -0.164. The number of benzene rings is 2. The van der Waals surface area contributed by atoms with E-state index in [1.54, 1.807) is 0 Å². The molecule has 0 spiro atoms. The van der Waals surface area contributed by atoms with E-state index in [9.17, 15) is 4.79 Å². The number of fused-ring (bicyclic) bond motifs is 2. The summed E-state index contributed by atoms with van der Waals surface area (Å²) < 4.78 is 17.5. The Morgan fingerprint density at radius 1 is 1.16 bits per heavy atom. The predicted molar refractivity (Wildman–Crippen MR) is 128 cm³/mol. The van der Waals surface area contributed by atoms with E-state index in [2.05, 4.69) is 43.1 Å². The topological polar surface area (TPSA) is 48.0 Å². The van der Waals surface area contributed by atoms with Crippen LogP contribution in [0.4, 0.5) is 5.69 Å². The van der Waals surface area contributed by atoms with Gasteiger partial charge in [0.2, 0.25) is 0 Å². The van der Waals surface area contributed by atoms with E-state index < -0.39 is 11.7 Å².